The summed E-state index contributed by atoms with van der Waals surface area (Å²) in [7, 11) is 0. The molecule has 5 nitrogen and oxygen atoms in total. The molecule has 0 bridgehead atoms. The highest BCUT2D eigenvalue weighted by Crippen LogP contribution is 2.10. The molecule has 88 valence electrons. The monoisotopic (exact) mass is 221 g/mol. The van der Waals surface area contributed by atoms with Crippen LogP contribution >= 0.6 is 0 Å². The molecule has 0 saturated heterocycles. The molecule has 0 amide bonds. The summed E-state index contributed by atoms with van der Waals surface area (Å²) in [5.41, 5.74) is 5.66. The molecule has 1 aromatic heterocycles. The maximum absolute atomic E-state index is 5.66. The molecule has 1 atom stereocenters. The van der Waals surface area contributed by atoms with Gasteiger partial charge in [-0.1, -0.05) is 6.08 Å². The second-order valence-electron chi connectivity index (χ2n) is 3.71. The molecule has 16 heavy (non-hydrogen) atoms. The molecular weight excluding hydrogens is 202 g/mol. The van der Waals surface area contributed by atoms with Crippen molar-refractivity contribution in [2.24, 2.45) is 5.73 Å². The smallest absolute Gasteiger partial charge is 0.132 e. The van der Waals surface area contributed by atoms with E-state index in [4.69, 9.17) is 5.73 Å². The van der Waals surface area contributed by atoms with Crippen LogP contribution in [0.2, 0.25) is 0 Å². The van der Waals surface area contributed by atoms with E-state index in [2.05, 4.69) is 27.2 Å². The first kappa shape index (κ1) is 12.4. The van der Waals surface area contributed by atoms with E-state index in [1.807, 2.05) is 19.9 Å². The number of nitrogens with two attached hydrogens (primary N) is 1. The average molecular weight is 221 g/mol. The van der Waals surface area contributed by atoms with Gasteiger partial charge in [0.2, 0.25) is 0 Å². The molecular formula is C11H19N5. The topological polar surface area (TPSA) is 75.9 Å². The van der Waals surface area contributed by atoms with Crippen LogP contribution in [-0.2, 0) is 0 Å². The van der Waals surface area contributed by atoms with Gasteiger partial charge in [0.1, 0.15) is 17.5 Å². The molecule has 0 radical (unpaired) electrons. The van der Waals surface area contributed by atoms with Crippen LogP contribution in [0, 0.1) is 6.92 Å². The number of nitrogens with zero attached hydrogens (tertiary/aromatic N) is 2. The summed E-state index contributed by atoms with van der Waals surface area (Å²) in [6, 6.07) is 1.96. The van der Waals surface area contributed by atoms with Crippen molar-refractivity contribution in [3.63, 3.8) is 0 Å². The maximum Gasteiger partial charge on any atom is 0.132 e. The zero-order valence-corrected chi connectivity index (χ0v) is 9.83. The molecule has 1 unspecified atom stereocenters. The van der Waals surface area contributed by atoms with Crippen molar-refractivity contribution in [3.8, 4) is 0 Å². The van der Waals surface area contributed by atoms with Crippen molar-refractivity contribution in [1.82, 2.24) is 9.97 Å². The molecule has 0 spiro atoms. The predicted octanol–water partition coefficient (Wildman–Crippen LogP) is 1.14. The molecule has 0 fully saturated rings. The molecule has 0 aliphatic rings. The Morgan fingerprint density at radius 1 is 1.44 bits per heavy atom. The lowest BCUT2D eigenvalue weighted by Gasteiger charge is -2.10. The second kappa shape index (κ2) is 6.07. The lowest BCUT2D eigenvalue weighted by atomic mass is 10.3. The fourth-order valence-electron chi connectivity index (χ4n) is 1.19. The molecule has 0 saturated carbocycles. The highest BCUT2D eigenvalue weighted by atomic mass is 15.1. The summed E-state index contributed by atoms with van der Waals surface area (Å²) in [4.78, 5) is 8.53. The third-order valence-electron chi connectivity index (χ3n) is 1.87. The van der Waals surface area contributed by atoms with Crippen molar-refractivity contribution in [2.45, 2.75) is 19.9 Å². The first-order valence-corrected chi connectivity index (χ1v) is 5.31. The summed E-state index contributed by atoms with van der Waals surface area (Å²) in [6.07, 6.45) is 1.78. The Kier molecular flexibility index (Phi) is 4.72. The zero-order valence-electron chi connectivity index (χ0n) is 9.83. The Morgan fingerprint density at radius 3 is 2.62 bits per heavy atom. The van der Waals surface area contributed by atoms with Crippen LogP contribution in [0.25, 0.3) is 0 Å². The van der Waals surface area contributed by atoms with E-state index in [0.717, 1.165) is 17.5 Å². The molecule has 1 aromatic rings. The van der Waals surface area contributed by atoms with Crippen molar-refractivity contribution >= 4 is 11.6 Å². The van der Waals surface area contributed by atoms with E-state index >= 15 is 0 Å². The third kappa shape index (κ3) is 4.27. The Balaban J connectivity index is 2.69. The normalized spacial score (nSPS) is 11.9. The van der Waals surface area contributed by atoms with E-state index in [1.54, 1.807) is 6.08 Å². The summed E-state index contributed by atoms with van der Waals surface area (Å²) < 4.78 is 0. The van der Waals surface area contributed by atoms with Gasteiger partial charge in [-0.25, -0.2) is 9.97 Å². The Bertz CT molecular complexity index is 348. The SMILES string of the molecule is C=CCNc1cc(NCC(C)N)nc(C)n1. The number of anilines is 2. The fourth-order valence-corrected chi connectivity index (χ4v) is 1.19. The van der Waals surface area contributed by atoms with Crippen LogP contribution in [-0.4, -0.2) is 29.1 Å². The number of hydrogen-bond acceptors (Lipinski definition) is 5. The van der Waals surface area contributed by atoms with Gasteiger partial charge < -0.3 is 16.4 Å². The third-order valence-corrected chi connectivity index (χ3v) is 1.87. The summed E-state index contributed by atoms with van der Waals surface area (Å²) in [5.74, 6) is 2.30. The Morgan fingerprint density at radius 2 is 2.06 bits per heavy atom. The van der Waals surface area contributed by atoms with Crippen LogP contribution < -0.4 is 16.4 Å². The average Bonchev–Trinajstić information content (AvgIpc) is 2.23. The molecule has 0 aromatic carbocycles. The zero-order chi connectivity index (χ0) is 12.0. The van der Waals surface area contributed by atoms with Crippen molar-refractivity contribution in [2.75, 3.05) is 23.7 Å². The first-order valence-electron chi connectivity index (χ1n) is 5.31. The number of nitrogens with one attached hydrogen (secondary N) is 2. The van der Waals surface area contributed by atoms with E-state index in [9.17, 15) is 0 Å². The summed E-state index contributed by atoms with van der Waals surface area (Å²) in [5, 5.41) is 6.28. The van der Waals surface area contributed by atoms with Crippen LogP contribution in [0.3, 0.4) is 0 Å². The Labute approximate surface area is 96.2 Å². The highest BCUT2D eigenvalue weighted by molar-refractivity contribution is 5.47. The van der Waals surface area contributed by atoms with Crippen LogP contribution in [0.15, 0.2) is 18.7 Å². The van der Waals surface area contributed by atoms with E-state index in [1.165, 1.54) is 0 Å². The van der Waals surface area contributed by atoms with Crippen molar-refractivity contribution in [3.05, 3.63) is 24.5 Å². The Hall–Kier alpha value is -1.62. The van der Waals surface area contributed by atoms with Gasteiger partial charge in [-0.05, 0) is 13.8 Å². The largest absolute Gasteiger partial charge is 0.368 e. The minimum Gasteiger partial charge on any atom is -0.368 e. The molecule has 5 heteroatoms. The van der Waals surface area contributed by atoms with Gasteiger partial charge in [0, 0.05) is 25.2 Å². The molecule has 4 N–H and O–H groups in total. The van der Waals surface area contributed by atoms with Crippen molar-refractivity contribution in [1.29, 1.82) is 0 Å². The van der Waals surface area contributed by atoms with E-state index < -0.39 is 0 Å². The molecule has 1 heterocycles. The van der Waals surface area contributed by atoms with E-state index in [0.29, 0.717) is 13.1 Å². The second-order valence-corrected chi connectivity index (χ2v) is 3.71. The summed E-state index contributed by atoms with van der Waals surface area (Å²) in [6.45, 7) is 8.82. The number of aromatic nitrogens is 2. The van der Waals surface area contributed by atoms with Gasteiger partial charge in [-0.2, -0.15) is 0 Å². The van der Waals surface area contributed by atoms with E-state index in [-0.39, 0.29) is 6.04 Å². The van der Waals surface area contributed by atoms with Crippen LogP contribution in [0.5, 0.6) is 0 Å². The molecule has 1 rings (SSSR count). The van der Waals surface area contributed by atoms with Gasteiger partial charge in [0.25, 0.3) is 0 Å². The van der Waals surface area contributed by atoms with Gasteiger partial charge >= 0.3 is 0 Å². The van der Waals surface area contributed by atoms with Gasteiger partial charge in [0.15, 0.2) is 0 Å². The van der Waals surface area contributed by atoms with Crippen molar-refractivity contribution < 1.29 is 0 Å². The van der Waals surface area contributed by atoms with Gasteiger partial charge in [-0.3, -0.25) is 0 Å². The number of rotatable bonds is 6. The minimum atomic E-state index is 0.0971. The maximum atomic E-state index is 5.66. The highest BCUT2D eigenvalue weighted by Gasteiger charge is 2.01. The molecule has 0 aliphatic heterocycles. The predicted molar refractivity (Wildman–Crippen MR) is 67.6 cm³/mol. The number of hydrogen-bond donors (Lipinski definition) is 3. The quantitative estimate of drug-likeness (QED) is 0.628. The van der Waals surface area contributed by atoms with Gasteiger partial charge in [-0.15, -0.1) is 6.58 Å². The number of aryl methyl sites for hydroxylation is 1. The lowest BCUT2D eigenvalue weighted by molar-refractivity contribution is 0.776. The summed E-state index contributed by atoms with van der Waals surface area (Å²) >= 11 is 0. The first-order chi connectivity index (χ1) is 7.61. The standard InChI is InChI=1S/C11H19N5/c1-4-5-13-10-6-11(14-7-8(2)12)16-9(3)15-10/h4,6,8H,1,5,7,12H2,2-3H3,(H2,13,14,15,16). The lowest BCUT2D eigenvalue weighted by Crippen LogP contribution is -2.25. The van der Waals surface area contributed by atoms with Crippen LogP contribution in [0.1, 0.15) is 12.7 Å². The van der Waals surface area contributed by atoms with Gasteiger partial charge in [0.05, 0.1) is 0 Å². The minimum absolute atomic E-state index is 0.0971. The molecule has 0 aliphatic carbocycles. The fraction of sp³-hybridized carbons (Fsp3) is 0.455. The van der Waals surface area contributed by atoms with Crippen LogP contribution in [0.4, 0.5) is 11.6 Å².